The highest BCUT2D eigenvalue weighted by atomic mass is 35.5. The lowest BCUT2D eigenvalue weighted by atomic mass is 10.1. The van der Waals surface area contributed by atoms with Gasteiger partial charge >= 0.3 is 6.18 Å². The van der Waals surface area contributed by atoms with E-state index in [0.717, 1.165) is 6.07 Å². The van der Waals surface area contributed by atoms with Crippen molar-refractivity contribution in [2.75, 3.05) is 6.61 Å². The van der Waals surface area contributed by atoms with Gasteiger partial charge in [-0.3, -0.25) is 4.79 Å². The molecule has 0 aromatic heterocycles. The van der Waals surface area contributed by atoms with Crippen molar-refractivity contribution in [1.29, 1.82) is 0 Å². The van der Waals surface area contributed by atoms with Crippen LogP contribution < -0.4 is 5.73 Å². The molecular weight excluding hydrogens is 273 g/mol. The number of hydrogen-bond donors (Lipinski definition) is 1. The number of rotatable bonds is 4. The Morgan fingerprint density at radius 2 is 2.00 bits per heavy atom. The average molecular weight is 281 g/mol. The number of nitrogens with zero attached hydrogens (tertiary/aromatic N) is 1. The first-order chi connectivity index (χ1) is 8.32. The Hall–Kier alpha value is -1.76. The minimum atomic E-state index is -4.76. The minimum absolute atomic E-state index is 0.128. The molecule has 0 aliphatic rings. The molecule has 0 heterocycles. The molecule has 0 bridgehead atoms. The molecular formula is C10H8ClF3N2O2. The first kappa shape index (κ1) is 14.3. The van der Waals surface area contributed by atoms with Crippen LogP contribution in [0.15, 0.2) is 29.4 Å². The Labute approximate surface area is 105 Å². The fraction of sp³-hybridized carbons (Fsp3) is 0.200. The van der Waals surface area contributed by atoms with Crippen LogP contribution in [0.1, 0.15) is 5.56 Å². The second-order valence-corrected chi connectivity index (χ2v) is 3.56. The van der Waals surface area contributed by atoms with E-state index in [-0.39, 0.29) is 10.6 Å². The molecule has 2 N–H and O–H groups in total. The summed E-state index contributed by atoms with van der Waals surface area (Å²) in [7, 11) is 0. The van der Waals surface area contributed by atoms with Crippen molar-refractivity contribution in [3.63, 3.8) is 0 Å². The van der Waals surface area contributed by atoms with Crippen LogP contribution in [0.25, 0.3) is 0 Å². The van der Waals surface area contributed by atoms with E-state index in [1.807, 2.05) is 0 Å². The Morgan fingerprint density at radius 1 is 1.39 bits per heavy atom. The molecule has 0 atom stereocenters. The van der Waals surface area contributed by atoms with E-state index in [1.165, 1.54) is 18.2 Å². The van der Waals surface area contributed by atoms with Gasteiger partial charge in [-0.15, -0.1) is 0 Å². The number of primary amides is 1. The van der Waals surface area contributed by atoms with Crippen LogP contribution in [0.2, 0.25) is 5.02 Å². The zero-order chi connectivity index (χ0) is 13.8. The van der Waals surface area contributed by atoms with Gasteiger partial charge in [-0.2, -0.15) is 13.2 Å². The lowest BCUT2D eigenvalue weighted by Gasteiger charge is -2.11. The highest BCUT2D eigenvalue weighted by Gasteiger charge is 2.38. The number of oxime groups is 1. The molecule has 1 aromatic carbocycles. The van der Waals surface area contributed by atoms with Crippen LogP contribution in [0.4, 0.5) is 13.2 Å². The summed E-state index contributed by atoms with van der Waals surface area (Å²) in [6, 6.07) is 5.27. The Balaban J connectivity index is 3.07. The average Bonchev–Trinajstić information content (AvgIpc) is 2.24. The van der Waals surface area contributed by atoms with Gasteiger partial charge < -0.3 is 10.6 Å². The van der Waals surface area contributed by atoms with E-state index >= 15 is 0 Å². The summed E-state index contributed by atoms with van der Waals surface area (Å²) >= 11 is 5.64. The van der Waals surface area contributed by atoms with E-state index in [4.69, 9.17) is 17.3 Å². The summed E-state index contributed by atoms with van der Waals surface area (Å²) in [4.78, 5) is 14.6. The van der Waals surface area contributed by atoms with E-state index in [2.05, 4.69) is 9.99 Å². The van der Waals surface area contributed by atoms with Gasteiger partial charge in [0.25, 0.3) is 5.91 Å². The lowest BCUT2D eigenvalue weighted by Crippen LogP contribution is -2.26. The smallest absolute Gasteiger partial charge is 0.385 e. The molecule has 0 spiro atoms. The third-order valence-electron chi connectivity index (χ3n) is 1.76. The number of alkyl halides is 3. The van der Waals surface area contributed by atoms with E-state index < -0.39 is 24.4 Å². The van der Waals surface area contributed by atoms with Crippen LogP contribution in [-0.4, -0.2) is 24.4 Å². The largest absolute Gasteiger partial charge is 0.437 e. The maximum atomic E-state index is 12.7. The summed E-state index contributed by atoms with van der Waals surface area (Å²) in [5, 5.41) is 2.74. The van der Waals surface area contributed by atoms with Gasteiger partial charge in [0.05, 0.1) is 5.02 Å². The number of carbonyl (C=O) groups excluding carboxylic acids is 1. The quantitative estimate of drug-likeness (QED) is 0.678. The van der Waals surface area contributed by atoms with Crippen molar-refractivity contribution in [2.24, 2.45) is 10.9 Å². The molecule has 0 radical (unpaired) electrons. The van der Waals surface area contributed by atoms with Crippen LogP contribution in [-0.2, 0) is 9.63 Å². The molecule has 0 aliphatic carbocycles. The molecule has 0 unspecified atom stereocenters. The first-order valence-corrected chi connectivity index (χ1v) is 5.00. The van der Waals surface area contributed by atoms with Crippen LogP contribution in [0, 0.1) is 0 Å². The standard InChI is InChI=1S/C10H8ClF3N2O2/c11-7-4-2-1-3-6(7)9(10(12,13)14)16-18-5-8(15)17/h1-4H,5H2,(H2,15,17). The third-order valence-corrected chi connectivity index (χ3v) is 2.09. The van der Waals surface area contributed by atoms with Gasteiger partial charge in [0.1, 0.15) is 0 Å². The van der Waals surface area contributed by atoms with Gasteiger partial charge in [0.15, 0.2) is 12.3 Å². The molecule has 0 aliphatic heterocycles. The van der Waals surface area contributed by atoms with E-state index in [9.17, 15) is 18.0 Å². The second kappa shape index (κ2) is 5.72. The summed E-state index contributed by atoms with van der Waals surface area (Å²) in [5.74, 6) is -0.931. The van der Waals surface area contributed by atoms with Crippen molar-refractivity contribution >= 4 is 23.2 Å². The molecule has 1 amide bonds. The van der Waals surface area contributed by atoms with Crippen molar-refractivity contribution < 1.29 is 22.8 Å². The van der Waals surface area contributed by atoms with Crippen molar-refractivity contribution in [3.8, 4) is 0 Å². The van der Waals surface area contributed by atoms with Gasteiger partial charge in [0, 0.05) is 5.56 Å². The normalized spacial score (nSPS) is 12.3. The molecule has 4 nitrogen and oxygen atoms in total. The van der Waals surface area contributed by atoms with Crippen molar-refractivity contribution in [3.05, 3.63) is 34.9 Å². The molecule has 8 heteroatoms. The first-order valence-electron chi connectivity index (χ1n) is 4.62. The number of nitrogens with two attached hydrogens (primary N) is 1. The zero-order valence-corrected chi connectivity index (χ0v) is 9.63. The molecule has 1 aromatic rings. The van der Waals surface area contributed by atoms with E-state index in [0.29, 0.717) is 0 Å². The zero-order valence-electron chi connectivity index (χ0n) is 8.87. The molecule has 98 valence electrons. The molecule has 0 saturated heterocycles. The SMILES string of the molecule is NC(=O)CON=C(c1ccccc1Cl)C(F)(F)F. The highest BCUT2D eigenvalue weighted by molar-refractivity contribution is 6.34. The fourth-order valence-electron chi connectivity index (χ4n) is 1.07. The molecule has 1 rings (SSSR count). The third kappa shape index (κ3) is 3.92. The second-order valence-electron chi connectivity index (χ2n) is 3.16. The van der Waals surface area contributed by atoms with Crippen LogP contribution in [0.3, 0.4) is 0 Å². The van der Waals surface area contributed by atoms with Crippen molar-refractivity contribution in [1.82, 2.24) is 0 Å². The Morgan fingerprint density at radius 3 is 2.50 bits per heavy atom. The van der Waals surface area contributed by atoms with E-state index in [1.54, 1.807) is 0 Å². The summed E-state index contributed by atoms with van der Waals surface area (Å²) in [5.41, 5.74) is 3.05. The van der Waals surface area contributed by atoms with Crippen LogP contribution in [0.5, 0.6) is 0 Å². The number of halogens is 4. The van der Waals surface area contributed by atoms with Crippen molar-refractivity contribution in [2.45, 2.75) is 6.18 Å². The van der Waals surface area contributed by atoms with Gasteiger partial charge in [-0.1, -0.05) is 35.0 Å². The maximum absolute atomic E-state index is 12.7. The Kier molecular flexibility index (Phi) is 4.55. The summed E-state index contributed by atoms with van der Waals surface area (Å²) in [6.45, 7) is -0.746. The highest BCUT2D eigenvalue weighted by Crippen LogP contribution is 2.27. The number of benzene rings is 1. The number of hydrogen-bond acceptors (Lipinski definition) is 3. The van der Waals surface area contributed by atoms with Crippen LogP contribution >= 0.6 is 11.6 Å². The molecule has 18 heavy (non-hydrogen) atoms. The molecule has 0 saturated carbocycles. The van der Waals surface area contributed by atoms with Gasteiger partial charge in [-0.25, -0.2) is 0 Å². The van der Waals surface area contributed by atoms with Gasteiger partial charge in [-0.05, 0) is 6.07 Å². The minimum Gasteiger partial charge on any atom is -0.385 e. The predicted octanol–water partition coefficient (Wildman–Crippen LogP) is 2.11. The lowest BCUT2D eigenvalue weighted by molar-refractivity contribution is -0.122. The monoisotopic (exact) mass is 280 g/mol. The summed E-state index contributed by atoms with van der Waals surface area (Å²) < 4.78 is 38.2. The topological polar surface area (TPSA) is 64.7 Å². The summed E-state index contributed by atoms with van der Waals surface area (Å²) in [6.07, 6.45) is -4.76. The fourth-order valence-corrected chi connectivity index (χ4v) is 1.29. The number of carbonyl (C=O) groups is 1. The van der Waals surface area contributed by atoms with Gasteiger partial charge in [0.2, 0.25) is 0 Å². The maximum Gasteiger partial charge on any atom is 0.437 e. The number of amides is 1. The molecule has 0 fully saturated rings. The predicted molar refractivity (Wildman–Crippen MR) is 59.2 cm³/mol. The Bertz CT molecular complexity index is 474.